The van der Waals surface area contributed by atoms with Crippen molar-refractivity contribution in [2.24, 2.45) is 5.92 Å². The highest BCUT2D eigenvalue weighted by Crippen LogP contribution is 2.25. The second kappa shape index (κ2) is 7.73. The molecule has 1 fully saturated rings. The Morgan fingerprint density at radius 3 is 2.43 bits per heavy atom. The van der Waals surface area contributed by atoms with Gasteiger partial charge in [0.1, 0.15) is 0 Å². The van der Waals surface area contributed by atoms with E-state index in [0.717, 1.165) is 16.5 Å². The number of benzene rings is 3. The Balaban J connectivity index is 1.48. The molecular formula is C22H22N2O3S. The smallest absolute Gasteiger partial charge is 0.243 e. The molecule has 3 aromatic carbocycles. The number of hydrogen-bond donors (Lipinski definition) is 1. The summed E-state index contributed by atoms with van der Waals surface area (Å²) in [5.74, 6) is -0.498. The number of nitrogens with zero attached hydrogens (tertiary/aromatic N) is 1. The van der Waals surface area contributed by atoms with E-state index < -0.39 is 10.0 Å². The number of amides is 1. The van der Waals surface area contributed by atoms with Crippen LogP contribution >= 0.6 is 0 Å². The van der Waals surface area contributed by atoms with Gasteiger partial charge in [0.25, 0.3) is 0 Å². The standard InChI is InChI=1S/C22H22N2O3S/c25-22(23-20-13-12-17-7-4-5-8-18(17)15-20)19-9-6-14-24(16-19)28(26,27)21-10-2-1-3-11-21/h1-5,7-8,10-13,15,19H,6,9,14,16H2,(H,23,25)/t19-/m1/s1. The fourth-order valence-electron chi connectivity index (χ4n) is 3.63. The van der Waals surface area contributed by atoms with Crippen molar-refractivity contribution < 1.29 is 13.2 Å². The van der Waals surface area contributed by atoms with Gasteiger partial charge in [-0.05, 0) is 47.9 Å². The summed E-state index contributed by atoms with van der Waals surface area (Å²) in [5, 5.41) is 5.12. The lowest BCUT2D eigenvalue weighted by atomic mass is 9.98. The van der Waals surface area contributed by atoms with E-state index in [9.17, 15) is 13.2 Å². The van der Waals surface area contributed by atoms with Crippen LogP contribution in [0.4, 0.5) is 5.69 Å². The lowest BCUT2D eigenvalue weighted by Gasteiger charge is -2.31. The average Bonchev–Trinajstić information content (AvgIpc) is 2.74. The fraction of sp³-hybridized carbons (Fsp3) is 0.227. The van der Waals surface area contributed by atoms with Crippen molar-refractivity contribution in [3.8, 4) is 0 Å². The monoisotopic (exact) mass is 394 g/mol. The maximum absolute atomic E-state index is 12.9. The maximum Gasteiger partial charge on any atom is 0.243 e. The van der Waals surface area contributed by atoms with Gasteiger partial charge < -0.3 is 5.32 Å². The van der Waals surface area contributed by atoms with Crippen LogP contribution in [-0.2, 0) is 14.8 Å². The van der Waals surface area contributed by atoms with E-state index in [0.29, 0.717) is 19.4 Å². The zero-order valence-electron chi connectivity index (χ0n) is 15.4. The molecule has 1 amide bonds. The molecule has 28 heavy (non-hydrogen) atoms. The van der Waals surface area contributed by atoms with Crippen molar-refractivity contribution in [1.29, 1.82) is 0 Å². The molecule has 1 saturated heterocycles. The molecule has 144 valence electrons. The molecule has 0 aromatic heterocycles. The van der Waals surface area contributed by atoms with E-state index >= 15 is 0 Å². The van der Waals surface area contributed by atoms with Crippen LogP contribution in [0.15, 0.2) is 77.7 Å². The molecule has 0 aliphatic carbocycles. The molecule has 3 aromatic rings. The molecule has 1 aliphatic rings. The Kier molecular flexibility index (Phi) is 5.15. The summed E-state index contributed by atoms with van der Waals surface area (Å²) in [6, 6.07) is 22.1. The van der Waals surface area contributed by atoms with Crippen molar-refractivity contribution in [1.82, 2.24) is 4.31 Å². The summed E-state index contributed by atoms with van der Waals surface area (Å²) in [7, 11) is -3.58. The third kappa shape index (κ3) is 3.79. The second-order valence-corrected chi connectivity index (χ2v) is 9.00. The first kappa shape index (κ1) is 18.7. The number of anilines is 1. The number of piperidine rings is 1. The quantitative estimate of drug-likeness (QED) is 0.730. The third-order valence-corrected chi connectivity index (χ3v) is 7.03. The minimum atomic E-state index is -3.58. The van der Waals surface area contributed by atoms with E-state index in [1.807, 2.05) is 42.5 Å². The Morgan fingerprint density at radius 2 is 1.64 bits per heavy atom. The first-order valence-electron chi connectivity index (χ1n) is 9.39. The average molecular weight is 394 g/mol. The number of rotatable bonds is 4. The van der Waals surface area contributed by atoms with Crippen molar-refractivity contribution >= 4 is 32.4 Å². The Hall–Kier alpha value is -2.70. The van der Waals surface area contributed by atoms with Gasteiger partial charge in [-0.1, -0.05) is 48.5 Å². The molecule has 1 aliphatic heterocycles. The van der Waals surface area contributed by atoms with Crippen molar-refractivity contribution in [2.75, 3.05) is 18.4 Å². The third-order valence-electron chi connectivity index (χ3n) is 5.15. The van der Waals surface area contributed by atoms with Crippen molar-refractivity contribution in [3.63, 3.8) is 0 Å². The highest BCUT2D eigenvalue weighted by molar-refractivity contribution is 7.89. The van der Waals surface area contributed by atoms with Gasteiger partial charge in [-0.3, -0.25) is 4.79 Å². The second-order valence-electron chi connectivity index (χ2n) is 7.07. The number of nitrogens with one attached hydrogen (secondary N) is 1. The van der Waals surface area contributed by atoms with Crippen LogP contribution in [-0.4, -0.2) is 31.7 Å². The summed E-state index contributed by atoms with van der Waals surface area (Å²) >= 11 is 0. The molecule has 0 bridgehead atoms. The summed E-state index contributed by atoms with van der Waals surface area (Å²) in [4.78, 5) is 13.0. The SMILES string of the molecule is O=C(Nc1ccc2ccccc2c1)[C@@H]1CCCN(S(=O)(=O)c2ccccc2)C1. The first-order valence-corrected chi connectivity index (χ1v) is 10.8. The maximum atomic E-state index is 12.9. The number of carbonyl (C=O) groups excluding carboxylic acids is 1. The molecule has 6 heteroatoms. The molecule has 0 unspecified atom stereocenters. The van der Waals surface area contributed by atoms with Crippen molar-refractivity contribution in [3.05, 3.63) is 72.8 Å². The van der Waals surface area contributed by atoms with Gasteiger partial charge in [-0.15, -0.1) is 0 Å². The molecular weight excluding hydrogens is 372 g/mol. The Labute approximate surface area is 165 Å². The van der Waals surface area contributed by atoms with Crippen LogP contribution < -0.4 is 5.32 Å². The minimum Gasteiger partial charge on any atom is -0.326 e. The lowest BCUT2D eigenvalue weighted by molar-refractivity contribution is -0.120. The van der Waals surface area contributed by atoms with E-state index in [4.69, 9.17) is 0 Å². The van der Waals surface area contributed by atoms with Crippen LogP contribution in [0.1, 0.15) is 12.8 Å². The highest BCUT2D eigenvalue weighted by atomic mass is 32.2. The van der Waals surface area contributed by atoms with E-state index in [1.165, 1.54) is 4.31 Å². The van der Waals surface area contributed by atoms with E-state index in [2.05, 4.69) is 5.32 Å². The molecule has 0 radical (unpaired) electrons. The highest BCUT2D eigenvalue weighted by Gasteiger charge is 2.33. The number of hydrogen-bond acceptors (Lipinski definition) is 3. The number of sulfonamides is 1. The topological polar surface area (TPSA) is 66.5 Å². The molecule has 0 spiro atoms. The zero-order chi connectivity index (χ0) is 19.6. The summed E-state index contributed by atoms with van der Waals surface area (Å²) < 4.78 is 27.1. The molecule has 5 nitrogen and oxygen atoms in total. The summed E-state index contributed by atoms with van der Waals surface area (Å²) in [6.45, 7) is 0.646. The van der Waals surface area contributed by atoms with Crippen LogP contribution in [0.25, 0.3) is 10.8 Å². The van der Waals surface area contributed by atoms with Crippen LogP contribution in [0.5, 0.6) is 0 Å². The van der Waals surface area contributed by atoms with Crippen LogP contribution in [0.3, 0.4) is 0 Å². The largest absolute Gasteiger partial charge is 0.326 e. The van der Waals surface area contributed by atoms with E-state index in [-0.39, 0.29) is 23.3 Å². The van der Waals surface area contributed by atoms with Gasteiger partial charge in [0.15, 0.2) is 0 Å². The number of carbonyl (C=O) groups is 1. The molecule has 0 saturated carbocycles. The van der Waals surface area contributed by atoms with Crippen LogP contribution in [0.2, 0.25) is 0 Å². The van der Waals surface area contributed by atoms with Gasteiger partial charge >= 0.3 is 0 Å². The normalized spacial score (nSPS) is 18.1. The molecule has 1 atom stereocenters. The van der Waals surface area contributed by atoms with Gasteiger partial charge in [-0.2, -0.15) is 4.31 Å². The fourth-order valence-corrected chi connectivity index (χ4v) is 5.17. The van der Waals surface area contributed by atoms with Gasteiger partial charge in [0, 0.05) is 18.8 Å². The molecule has 1 heterocycles. The Bertz CT molecular complexity index is 1100. The summed E-state index contributed by atoms with van der Waals surface area (Å²) in [5.41, 5.74) is 0.728. The first-order chi connectivity index (χ1) is 13.5. The minimum absolute atomic E-state index is 0.136. The molecule has 4 rings (SSSR count). The predicted molar refractivity (Wildman–Crippen MR) is 111 cm³/mol. The zero-order valence-corrected chi connectivity index (χ0v) is 16.2. The Morgan fingerprint density at radius 1 is 0.929 bits per heavy atom. The van der Waals surface area contributed by atoms with Gasteiger partial charge in [0.2, 0.25) is 15.9 Å². The van der Waals surface area contributed by atoms with Crippen LogP contribution in [0, 0.1) is 5.92 Å². The predicted octanol–water partition coefficient (Wildman–Crippen LogP) is 3.88. The number of fused-ring (bicyclic) bond motifs is 1. The van der Waals surface area contributed by atoms with Gasteiger partial charge in [-0.25, -0.2) is 8.42 Å². The van der Waals surface area contributed by atoms with E-state index in [1.54, 1.807) is 30.3 Å². The lowest BCUT2D eigenvalue weighted by Crippen LogP contribution is -2.43. The van der Waals surface area contributed by atoms with Gasteiger partial charge in [0.05, 0.1) is 10.8 Å². The van der Waals surface area contributed by atoms with Crippen molar-refractivity contribution in [2.45, 2.75) is 17.7 Å². The molecule has 1 N–H and O–H groups in total. The summed E-state index contributed by atoms with van der Waals surface area (Å²) in [6.07, 6.45) is 1.35.